The largest absolute Gasteiger partial charge is 0.234 e. The van der Waals surface area contributed by atoms with Gasteiger partial charge in [0.2, 0.25) is 0 Å². The van der Waals surface area contributed by atoms with E-state index in [1.54, 1.807) is 0 Å². The molecule has 0 atom stereocenters. The molecule has 1 rings (SSSR count). The molecular formula is C9H11FO4S2. The highest BCUT2D eigenvalue weighted by molar-refractivity contribution is 7.90. The molecule has 0 unspecified atom stereocenters. The average Bonchev–Trinajstić information content (AvgIpc) is 2.16. The number of benzene rings is 1. The lowest BCUT2D eigenvalue weighted by Gasteiger charge is -2.02. The van der Waals surface area contributed by atoms with Gasteiger partial charge in [-0.3, -0.25) is 0 Å². The van der Waals surface area contributed by atoms with Crippen molar-refractivity contribution >= 4 is 19.7 Å². The first-order valence-electron chi connectivity index (χ1n) is 4.30. The van der Waals surface area contributed by atoms with Crippen LogP contribution in [0.25, 0.3) is 0 Å². The Morgan fingerprint density at radius 2 is 1.56 bits per heavy atom. The summed E-state index contributed by atoms with van der Waals surface area (Å²) in [7, 11) is -7.03. The molecular weight excluding hydrogens is 255 g/mol. The summed E-state index contributed by atoms with van der Waals surface area (Å²) in [5, 5.41) is 0. The fourth-order valence-corrected chi connectivity index (χ4v) is 2.53. The molecule has 1 aromatic carbocycles. The topological polar surface area (TPSA) is 68.3 Å². The second-order valence-corrected chi connectivity index (χ2v) is 7.42. The van der Waals surface area contributed by atoms with Gasteiger partial charge >= 0.3 is 0 Å². The standard InChI is InChI=1S/C9H11FO4S2/c1-15(11,12)9-4-2-8(3-5-9)6-16(13,14)7-10/h2-5H,6-7H2,1H3. The van der Waals surface area contributed by atoms with E-state index in [9.17, 15) is 21.2 Å². The quantitative estimate of drug-likeness (QED) is 0.813. The minimum atomic E-state index is -3.74. The van der Waals surface area contributed by atoms with Gasteiger partial charge in [-0.25, -0.2) is 21.2 Å². The van der Waals surface area contributed by atoms with Crippen molar-refractivity contribution in [2.24, 2.45) is 0 Å². The lowest BCUT2D eigenvalue weighted by atomic mass is 10.2. The third-order valence-corrected chi connectivity index (χ3v) is 4.14. The molecule has 90 valence electrons. The van der Waals surface area contributed by atoms with E-state index >= 15 is 0 Å². The van der Waals surface area contributed by atoms with Crippen LogP contribution in [-0.4, -0.2) is 29.1 Å². The lowest BCUT2D eigenvalue weighted by Crippen LogP contribution is -2.06. The van der Waals surface area contributed by atoms with Gasteiger partial charge in [-0.15, -0.1) is 0 Å². The molecule has 0 heterocycles. The van der Waals surface area contributed by atoms with Crippen LogP contribution in [0.15, 0.2) is 29.2 Å². The molecule has 0 aliphatic heterocycles. The van der Waals surface area contributed by atoms with Gasteiger partial charge in [0, 0.05) is 6.26 Å². The molecule has 0 aliphatic carbocycles. The van der Waals surface area contributed by atoms with Gasteiger partial charge in [0.25, 0.3) is 0 Å². The van der Waals surface area contributed by atoms with Gasteiger partial charge in [0.05, 0.1) is 10.6 Å². The van der Waals surface area contributed by atoms with Crippen molar-refractivity contribution in [2.75, 3.05) is 12.3 Å². The van der Waals surface area contributed by atoms with Crippen molar-refractivity contribution in [3.63, 3.8) is 0 Å². The highest BCUT2D eigenvalue weighted by Gasteiger charge is 2.12. The van der Waals surface area contributed by atoms with Gasteiger partial charge in [-0.05, 0) is 17.7 Å². The minimum Gasteiger partial charge on any atom is -0.234 e. The smallest absolute Gasteiger partial charge is 0.191 e. The molecule has 0 spiro atoms. The second kappa shape index (κ2) is 4.50. The molecule has 4 nitrogen and oxygen atoms in total. The first kappa shape index (κ1) is 13.1. The van der Waals surface area contributed by atoms with Crippen molar-refractivity contribution in [1.29, 1.82) is 0 Å². The molecule has 1 aromatic rings. The molecule has 0 bridgehead atoms. The Morgan fingerprint density at radius 3 is 1.94 bits per heavy atom. The van der Waals surface area contributed by atoms with Crippen LogP contribution in [0.3, 0.4) is 0 Å². The van der Waals surface area contributed by atoms with E-state index in [4.69, 9.17) is 0 Å². The summed E-state index contributed by atoms with van der Waals surface area (Å²) in [6.45, 7) is 0. The van der Waals surface area contributed by atoms with Crippen LogP contribution in [0.5, 0.6) is 0 Å². The normalized spacial score (nSPS) is 12.6. The van der Waals surface area contributed by atoms with Crippen molar-refractivity contribution in [3.8, 4) is 0 Å². The minimum absolute atomic E-state index is 0.105. The molecule has 0 N–H and O–H groups in total. The van der Waals surface area contributed by atoms with Crippen LogP contribution in [0, 0.1) is 0 Å². The zero-order valence-corrected chi connectivity index (χ0v) is 10.2. The first-order valence-corrected chi connectivity index (χ1v) is 8.01. The average molecular weight is 266 g/mol. The Labute approximate surface area is 93.9 Å². The molecule has 0 aliphatic rings. The zero-order valence-electron chi connectivity index (χ0n) is 8.55. The predicted molar refractivity (Wildman–Crippen MR) is 58.2 cm³/mol. The van der Waals surface area contributed by atoms with Gasteiger partial charge in [-0.2, -0.15) is 0 Å². The Bertz CT molecular complexity index is 558. The van der Waals surface area contributed by atoms with Gasteiger partial charge in [-0.1, -0.05) is 12.1 Å². The molecule has 0 radical (unpaired) electrons. The number of halogens is 1. The molecule has 0 saturated heterocycles. The van der Waals surface area contributed by atoms with E-state index in [2.05, 4.69) is 0 Å². The summed E-state index contributed by atoms with van der Waals surface area (Å²) in [6, 6.07) is 3.92. The number of alkyl halides is 1. The summed E-state index contributed by atoms with van der Waals surface area (Å²) < 4.78 is 56.2. The van der Waals surface area contributed by atoms with Crippen LogP contribution in [-0.2, 0) is 25.4 Å². The SMILES string of the molecule is CS(=O)(=O)c1ccc(CS(=O)(=O)CF)cc1. The summed E-state index contributed by atoms with van der Waals surface area (Å²) in [5.41, 5.74) is 0.366. The Balaban J connectivity index is 2.97. The molecule has 16 heavy (non-hydrogen) atoms. The molecule has 0 aromatic heterocycles. The summed E-state index contributed by atoms with van der Waals surface area (Å²) in [4.78, 5) is 0.105. The lowest BCUT2D eigenvalue weighted by molar-refractivity contribution is 0.534. The Hall–Kier alpha value is -0.950. The van der Waals surface area contributed by atoms with E-state index < -0.39 is 31.4 Å². The first-order chi connectivity index (χ1) is 7.24. The number of sulfone groups is 2. The van der Waals surface area contributed by atoms with Crippen LogP contribution in [0.1, 0.15) is 5.56 Å². The van der Waals surface area contributed by atoms with E-state index in [0.717, 1.165) is 6.26 Å². The maximum Gasteiger partial charge on any atom is 0.191 e. The molecule has 0 saturated carbocycles. The van der Waals surface area contributed by atoms with Crippen molar-refractivity contribution in [2.45, 2.75) is 10.6 Å². The molecule has 0 fully saturated rings. The van der Waals surface area contributed by atoms with Gasteiger partial charge < -0.3 is 0 Å². The van der Waals surface area contributed by atoms with Crippen LogP contribution in [0.2, 0.25) is 0 Å². The molecule has 7 heteroatoms. The number of rotatable bonds is 4. The highest BCUT2D eigenvalue weighted by Crippen LogP contribution is 2.12. The van der Waals surface area contributed by atoms with Crippen LogP contribution < -0.4 is 0 Å². The van der Waals surface area contributed by atoms with Gasteiger partial charge in [0.1, 0.15) is 0 Å². The van der Waals surface area contributed by atoms with E-state index in [1.807, 2.05) is 0 Å². The van der Waals surface area contributed by atoms with E-state index in [1.165, 1.54) is 24.3 Å². The summed E-state index contributed by atoms with van der Waals surface area (Å²) in [6.07, 6.45) is 1.06. The molecule has 0 amide bonds. The van der Waals surface area contributed by atoms with Crippen molar-refractivity contribution in [3.05, 3.63) is 29.8 Å². The van der Waals surface area contributed by atoms with Crippen molar-refractivity contribution < 1.29 is 21.2 Å². The predicted octanol–water partition coefficient (Wildman–Crippen LogP) is 0.932. The van der Waals surface area contributed by atoms with E-state index in [0.29, 0.717) is 5.56 Å². The third kappa shape index (κ3) is 3.57. The van der Waals surface area contributed by atoms with Crippen LogP contribution >= 0.6 is 0 Å². The number of hydrogen-bond acceptors (Lipinski definition) is 4. The monoisotopic (exact) mass is 266 g/mol. The van der Waals surface area contributed by atoms with Crippen LogP contribution in [0.4, 0.5) is 4.39 Å². The highest BCUT2D eigenvalue weighted by atomic mass is 32.2. The van der Waals surface area contributed by atoms with Gasteiger partial charge in [0.15, 0.2) is 25.7 Å². The second-order valence-electron chi connectivity index (χ2n) is 3.41. The van der Waals surface area contributed by atoms with E-state index in [-0.39, 0.29) is 4.90 Å². The maximum absolute atomic E-state index is 12.0. The third-order valence-electron chi connectivity index (χ3n) is 1.90. The summed E-state index contributed by atoms with van der Waals surface area (Å²) >= 11 is 0. The fourth-order valence-electron chi connectivity index (χ4n) is 1.13. The van der Waals surface area contributed by atoms with Crippen molar-refractivity contribution in [1.82, 2.24) is 0 Å². The Kier molecular flexibility index (Phi) is 3.69. The zero-order chi connectivity index (χ0) is 12.4. The summed E-state index contributed by atoms with van der Waals surface area (Å²) in [5.74, 6) is -0.423. The number of hydrogen-bond donors (Lipinski definition) is 0. The Morgan fingerprint density at radius 1 is 1.06 bits per heavy atom. The fraction of sp³-hybridized carbons (Fsp3) is 0.333. The maximum atomic E-state index is 12.0.